The fourth-order valence-corrected chi connectivity index (χ4v) is 5.54. The zero-order chi connectivity index (χ0) is 14.3. The van der Waals surface area contributed by atoms with Gasteiger partial charge in [-0.25, -0.2) is 4.57 Å². The quantitative estimate of drug-likeness (QED) is 0.515. The number of hydrogen-bond donors (Lipinski definition) is 0. The minimum absolute atomic E-state index is 0.0627. The van der Waals surface area contributed by atoms with Crippen molar-refractivity contribution in [1.29, 1.82) is 5.26 Å². The molecule has 1 aromatic rings. The lowest BCUT2D eigenvalue weighted by molar-refractivity contribution is 0.397. The first kappa shape index (κ1) is 16.8. The van der Waals surface area contributed by atoms with Crippen molar-refractivity contribution in [2.45, 2.75) is 20.8 Å². The summed E-state index contributed by atoms with van der Waals surface area (Å²) in [6, 6.07) is 1.98. The summed E-state index contributed by atoms with van der Waals surface area (Å²) in [5.41, 5.74) is 0.291. The van der Waals surface area contributed by atoms with Gasteiger partial charge in [0.25, 0.3) is 5.88 Å². The van der Waals surface area contributed by atoms with E-state index in [9.17, 15) is 4.57 Å². The van der Waals surface area contributed by atoms with E-state index in [0.29, 0.717) is 47.0 Å². The Morgan fingerprint density at radius 3 is 2.42 bits per heavy atom. The SMILES string of the molecule is CCOSP(=O)(Oc1nsc(C)c1C#N)SOCC. The summed E-state index contributed by atoms with van der Waals surface area (Å²) < 4.78 is 32.0. The van der Waals surface area contributed by atoms with E-state index in [2.05, 4.69) is 4.37 Å². The molecule has 0 saturated heterocycles. The molecule has 0 N–H and O–H groups in total. The number of aromatic nitrogens is 1. The van der Waals surface area contributed by atoms with Gasteiger partial charge in [0.2, 0.25) is 0 Å². The summed E-state index contributed by atoms with van der Waals surface area (Å²) >= 11 is 2.55. The lowest BCUT2D eigenvalue weighted by atomic mass is 10.3. The summed E-state index contributed by atoms with van der Waals surface area (Å²) in [5.74, 6) is -3.26. The van der Waals surface area contributed by atoms with Crippen LogP contribution in [0, 0.1) is 18.3 Å². The van der Waals surface area contributed by atoms with Gasteiger partial charge in [-0.05, 0) is 32.3 Å². The van der Waals surface area contributed by atoms with Crippen LogP contribution in [0.15, 0.2) is 0 Å². The molecule has 0 aromatic carbocycles. The van der Waals surface area contributed by atoms with Crippen LogP contribution < -0.4 is 4.52 Å². The minimum Gasteiger partial charge on any atom is -0.405 e. The Morgan fingerprint density at radius 1 is 1.37 bits per heavy atom. The third kappa shape index (κ3) is 4.99. The van der Waals surface area contributed by atoms with Crippen molar-refractivity contribution in [3.05, 3.63) is 10.4 Å². The highest BCUT2D eigenvalue weighted by Gasteiger charge is 2.32. The van der Waals surface area contributed by atoms with Gasteiger partial charge in [-0.3, -0.25) is 0 Å². The molecule has 0 saturated carbocycles. The Bertz CT molecular complexity index is 490. The van der Waals surface area contributed by atoms with Crippen LogP contribution in [0.3, 0.4) is 0 Å². The highest BCUT2D eigenvalue weighted by atomic mass is 33.1. The predicted molar refractivity (Wildman–Crippen MR) is 78.2 cm³/mol. The molecule has 1 heterocycles. The van der Waals surface area contributed by atoms with Crippen LogP contribution in [-0.2, 0) is 12.9 Å². The maximum Gasteiger partial charge on any atom is 0.413 e. The van der Waals surface area contributed by atoms with E-state index in [4.69, 9.17) is 18.2 Å². The second-order valence-corrected chi connectivity index (χ2v) is 10.3. The third-order valence-corrected chi connectivity index (χ3v) is 7.11. The molecule has 0 fully saturated rings. The largest absolute Gasteiger partial charge is 0.413 e. The first-order chi connectivity index (χ1) is 9.06. The number of aryl methyl sites for hydroxylation is 1. The lowest BCUT2D eigenvalue weighted by Crippen LogP contribution is -1.92. The van der Waals surface area contributed by atoms with Crippen LogP contribution in [0.5, 0.6) is 5.88 Å². The van der Waals surface area contributed by atoms with Gasteiger partial charge in [0, 0.05) is 4.88 Å². The fraction of sp³-hybridized carbons (Fsp3) is 0.556. The van der Waals surface area contributed by atoms with Crippen molar-refractivity contribution >= 4 is 40.6 Å². The molecule has 0 aliphatic carbocycles. The summed E-state index contributed by atoms with van der Waals surface area (Å²) in [7, 11) is 0. The molecule has 0 aliphatic heterocycles. The lowest BCUT2D eigenvalue weighted by Gasteiger charge is -2.14. The molecule has 0 unspecified atom stereocenters. The van der Waals surface area contributed by atoms with Gasteiger partial charge in [0.05, 0.1) is 13.2 Å². The summed E-state index contributed by atoms with van der Waals surface area (Å²) in [5, 5.41) is 9.01. The van der Waals surface area contributed by atoms with Crippen molar-refractivity contribution in [3.8, 4) is 11.9 Å². The smallest absolute Gasteiger partial charge is 0.405 e. The van der Waals surface area contributed by atoms with Crippen LogP contribution in [0.2, 0.25) is 0 Å². The molecular formula is C9H13N2O4PS3. The van der Waals surface area contributed by atoms with Crippen molar-refractivity contribution in [2.24, 2.45) is 0 Å². The standard InChI is InChI=1S/C9H13N2O4PS3/c1-4-13-18-16(12,19-14-5-2)15-9-8(6-10)7(3)17-11-9/h4-5H2,1-3H3. The molecule has 19 heavy (non-hydrogen) atoms. The average Bonchev–Trinajstić information content (AvgIpc) is 2.74. The van der Waals surface area contributed by atoms with Crippen molar-refractivity contribution in [2.75, 3.05) is 13.2 Å². The van der Waals surface area contributed by atoms with Crippen LogP contribution in [0.25, 0.3) is 0 Å². The van der Waals surface area contributed by atoms with Crippen molar-refractivity contribution in [3.63, 3.8) is 0 Å². The summed E-state index contributed by atoms with van der Waals surface area (Å²) in [6.45, 7) is 6.06. The van der Waals surface area contributed by atoms with Crippen molar-refractivity contribution in [1.82, 2.24) is 4.37 Å². The Kier molecular flexibility index (Phi) is 7.21. The predicted octanol–water partition coefficient (Wildman–Crippen LogP) is 4.18. The fourth-order valence-electron chi connectivity index (χ4n) is 0.924. The second kappa shape index (κ2) is 8.15. The highest BCUT2D eigenvalue weighted by Crippen LogP contribution is 2.69. The topological polar surface area (TPSA) is 81.4 Å². The van der Waals surface area contributed by atoms with E-state index in [1.54, 1.807) is 20.8 Å². The van der Waals surface area contributed by atoms with E-state index in [1.807, 2.05) is 6.07 Å². The summed E-state index contributed by atoms with van der Waals surface area (Å²) in [4.78, 5) is 0.715. The molecular weight excluding hydrogens is 327 g/mol. The number of hydrogen-bond acceptors (Lipinski definition) is 9. The zero-order valence-electron chi connectivity index (χ0n) is 10.6. The number of nitriles is 1. The molecule has 0 atom stereocenters. The van der Waals surface area contributed by atoms with Crippen LogP contribution in [0.1, 0.15) is 24.3 Å². The zero-order valence-corrected chi connectivity index (χ0v) is 14.0. The summed E-state index contributed by atoms with van der Waals surface area (Å²) in [6.07, 6.45) is 0. The Labute approximate surface area is 124 Å². The average molecular weight is 340 g/mol. The van der Waals surface area contributed by atoms with E-state index >= 15 is 0 Å². The molecule has 0 radical (unpaired) electrons. The van der Waals surface area contributed by atoms with Crippen LogP contribution in [-0.4, -0.2) is 17.6 Å². The Morgan fingerprint density at radius 2 is 1.95 bits per heavy atom. The van der Waals surface area contributed by atoms with Gasteiger partial charge in [-0.15, -0.1) is 0 Å². The van der Waals surface area contributed by atoms with E-state index in [0.717, 1.165) is 11.5 Å². The number of nitrogens with zero attached hydrogens (tertiary/aromatic N) is 2. The van der Waals surface area contributed by atoms with E-state index < -0.39 is 5.77 Å². The molecule has 1 aromatic heterocycles. The molecule has 0 amide bonds. The molecule has 6 nitrogen and oxygen atoms in total. The first-order valence-corrected chi connectivity index (χ1v) is 10.4. The minimum atomic E-state index is -3.32. The third-order valence-electron chi connectivity index (χ3n) is 1.67. The van der Waals surface area contributed by atoms with Gasteiger partial charge < -0.3 is 12.9 Å². The van der Waals surface area contributed by atoms with Crippen LogP contribution >= 0.6 is 40.6 Å². The van der Waals surface area contributed by atoms with E-state index in [1.165, 1.54) is 0 Å². The Hall–Kier alpha value is -0.230. The monoisotopic (exact) mass is 340 g/mol. The molecule has 106 valence electrons. The first-order valence-electron chi connectivity index (χ1n) is 5.34. The number of rotatable bonds is 8. The van der Waals surface area contributed by atoms with Gasteiger partial charge in [0.1, 0.15) is 35.0 Å². The van der Waals surface area contributed by atoms with Crippen molar-refractivity contribution < 1.29 is 17.5 Å². The van der Waals surface area contributed by atoms with Crippen LogP contribution in [0.4, 0.5) is 0 Å². The molecule has 0 bridgehead atoms. The Balaban J connectivity index is 2.87. The van der Waals surface area contributed by atoms with Gasteiger partial charge in [0.15, 0.2) is 0 Å². The highest BCUT2D eigenvalue weighted by molar-refractivity contribution is 8.87. The molecule has 0 spiro atoms. The normalized spacial score (nSPS) is 11.3. The van der Waals surface area contributed by atoms with Gasteiger partial charge in [-0.2, -0.15) is 9.64 Å². The van der Waals surface area contributed by atoms with E-state index in [-0.39, 0.29) is 5.88 Å². The van der Waals surface area contributed by atoms with Gasteiger partial charge >= 0.3 is 5.77 Å². The van der Waals surface area contributed by atoms with Gasteiger partial charge in [-0.1, -0.05) is 0 Å². The molecule has 0 aliphatic rings. The second-order valence-electron chi connectivity index (χ2n) is 3.03. The maximum absolute atomic E-state index is 12.5. The molecule has 1 rings (SSSR count). The maximum atomic E-state index is 12.5. The molecule has 10 heteroatoms.